The highest BCUT2D eigenvalue weighted by atomic mass is 32.1. The Morgan fingerprint density at radius 3 is 2.44 bits per heavy atom. The average molecular weight is 491 g/mol. The number of carbonyl (C=O) groups excluding carboxylic acids is 4. The normalized spacial score (nSPS) is 22.8. The van der Waals surface area contributed by atoms with Crippen LogP contribution in [0.15, 0.2) is 41.2 Å². The molecule has 2 saturated carbocycles. The van der Waals surface area contributed by atoms with Gasteiger partial charge in [-0.05, 0) is 18.4 Å². The molecule has 11 heteroatoms. The molecule has 0 spiro atoms. The number of hydrogen-bond donors (Lipinski definition) is 3. The topological polar surface area (TPSA) is 117 Å². The number of aromatic nitrogens is 1. The van der Waals surface area contributed by atoms with Gasteiger partial charge in [-0.1, -0.05) is 30.3 Å². The van der Waals surface area contributed by atoms with Crippen molar-refractivity contribution < 1.29 is 28.0 Å². The molecule has 34 heavy (non-hydrogen) atoms. The summed E-state index contributed by atoms with van der Waals surface area (Å²) in [5.74, 6) is -7.48. The molecular weight excluding hydrogens is 466 g/mol. The Hall–Kier alpha value is -3.21. The van der Waals surface area contributed by atoms with Crippen LogP contribution >= 0.6 is 11.3 Å². The zero-order chi connectivity index (χ0) is 24.3. The minimum Gasteiger partial charge on any atom is -0.347 e. The van der Waals surface area contributed by atoms with Crippen LogP contribution in [-0.2, 0) is 32.1 Å². The van der Waals surface area contributed by atoms with E-state index in [1.54, 1.807) is 41.2 Å². The number of Topliss-reactive ketones (excluding diaryl/α,β-unsaturated/α-hetero) is 1. The molecule has 2 aromatic rings. The van der Waals surface area contributed by atoms with Crippen LogP contribution in [0.4, 0.5) is 8.78 Å². The first-order valence-corrected chi connectivity index (χ1v) is 11.9. The van der Waals surface area contributed by atoms with Gasteiger partial charge in [-0.15, -0.1) is 11.3 Å². The number of hydrogen-bond acceptors (Lipinski definition) is 6. The number of halogens is 2. The van der Waals surface area contributed by atoms with Gasteiger partial charge in [0.2, 0.25) is 17.6 Å². The number of amides is 3. The molecule has 3 amide bonds. The summed E-state index contributed by atoms with van der Waals surface area (Å²) in [5.41, 5.74) is 2.96. The number of alkyl halides is 2. The van der Waals surface area contributed by atoms with Crippen LogP contribution < -0.4 is 16.0 Å². The van der Waals surface area contributed by atoms with Crippen molar-refractivity contribution in [1.29, 1.82) is 0 Å². The number of carbonyl (C=O) groups is 4. The van der Waals surface area contributed by atoms with Crippen LogP contribution in [-0.4, -0.2) is 47.0 Å². The van der Waals surface area contributed by atoms with Gasteiger partial charge in [0.15, 0.2) is 0 Å². The third-order valence-electron chi connectivity index (χ3n) is 6.31. The number of rotatable bonds is 10. The summed E-state index contributed by atoms with van der Waals surface area (Å²) in [6.07, 6.45) is 0.309. The number of nitrogens with one attached hydrogen (secondary N) is 3. The van der Waals surface area contributed by atoms with Gasteiger partial charge >= 0.3 is 0 Å². The largest absolute Gasteiger partial charge is 0.347 e. The van der Waals surface area contributed by atoms with Gasteiger partial charge in [-0.3, -0.25) is 19.2 Å². The molecule has 0 aliphatic heterocycles. The van der Waals surface area contributed by atoms with Gasteiger partial charge in [0.1, 0.15) is 6.04 Å². The second-order valence-corrected chi connectivity index (χ2v) is 9.33. The van der Waals surface area contributed by atoms with E-state index in [0.29, 0.717) is 5.69 Å². The standard InChI is InChI=1S/C23H24F2N4O4S/c24-23(25)16-7-14(8-17(16)23)21(32)27-10-19(30)29-18(6-13-4-2-1-3-5-13)20(31)22(33)26-9-15-11-34-12-28-15/h1-5,11-12,14,16-18H,6-10H2,(H,26,33)(H,27,32)(H,29,30)/t14?,16-,17+,18-/m1/s1. The fourth-order valence-electron chi connectivity index (χ4n) is 4.38. The lowest BCUT2D eigenvalue weighted by Crippen LogP contribution is -2.51. The number of fused-ring (bicyclic) bond motifs is 1. The molecule has 0 radical (unpaired) electrons. The molecule has 0 saturated heterocycles. The van der Waals surface area contributed by atoms with Crippen molar-refractivity contribution in [2.75, 3.05) is 6.54 Å². The molecule has 2 fully saturated rings. The van der Waals surface area contributed by atoms with Gasteiger partial charge in [-0.25, -0.2) is 13.8 Å². The third-order valence-corrected chi connectivity index (χ3v) is 6.94. The Kier molecular flexibility index (Phi) is 7.01. The molecule has 1 unspecified atom stereocenters. The quantitative estimate of drug-likeness (QED) is 0.436. The lowest BCUT2D eigenvalue weighted by atomic mass is 10.0. The molecule has 180 valence electrons. The Bertz CT molecular complexity index is 1050. The smallest absolute Gasteiger partial charge is 0.289 e. The van der Waals surface area contributed by atoms with Crippen LogP contribution in [0.2, 0.25) is 0 Å². The zero-order valence-corrected chi connectivity index (χ0v) is 18.9. The maximum absolute atomic E-state index is 13.3. The summed E-state index contributed by atoms with van der Waals surface area (Å²) in [5, 5.41) is 9.22. The average Bonchev–Trinajstić information content (AvgIpc) is 3.32. The van der Waals surface area contributed by atoms with Crippen molar-refractivity contribution in [3.05, 3.63) is 52.5 Å². The third kappa shape index (κ3) is 5.46. The van der Waals surface area contributed by atoms with Crippen molar-refractivity contribution in [2.45, 2.75) is 37.8 Å². The second-order valence-electron chi connectivity index (χ2n) is 8.61. The summed E-state index contributed by atoms with van der Waals surface area (Å²) >= 11 is 1.36. The van der Waals surface area contributed by atoms with Crippen LogP contribution in [0.5, 0.6) is 0 Å². The first-order valence-electron chi connectivity index (χ1n) is 10.9. The van der Waals surface area contributed by atoms with Crippen molar-refractivity contribution in [1.82, 2.24) is 20.9 Å². The van der Waals surface area contributed by atoms with E-state index in [4.69, 9.17) is 0 Å². The maximum Gasteiger partial charge on any atom is 0.289 e. The number of thiazole rings is 1. The van der Waals surface area contributed by atoms with Crippen molar-refractivity contribution in [3.63, 3.8) is 0 Å². The minimum atomic E-state index is -2.67. The number of benzene rings is 1. The highest BCUT2D eigenvalue weighted by Gasteiger charge is 2.72. The molecule has 8 nitrogen and oxygen atoms in total. The molecular formula is C23H24F2N4O4S. The summed E-state index contributed by atoms with van der Waals surface area (Å²) in [4.78, 5) is 54.0. The van der Waals surface area contributed by atoms with Crippen LogP contribution in [0.25, 0.3) is 0 Å². The van der Waals surface area contributed by atoms with Crippen molar-refractivity contribution in [2.24, 2.45) is 17.8 Å². The van der Waals surface area contributed by atoms with Crippen molar-refractivity contribution >= 4 is 34.8 Å². The van der Waals surface area contributed by atoms with E-state index >= 15 is 0 Å². The van der Waals surface area contributed by atoms with Crippen LogP contribution in [0, 0.1) is 17.8 Å². The lowest BCUT2D eigenvalue weighted by molar-refractivity contribution is -0.140. The molecule has 1 heterocycles. The van der Waals surface area contributed by atoms with E-state index in [2.05, 4.69) is 20.9 Å². The number of nitrogens with zero attached hydrogens (tertiary/aromatic N) is 1. The Morgan fingerprint density at radius 1 is 1.09 bits per heavy atom. The number of ketones is 1. The first-order chi connectivity index (χ1) is 16.3. The van der Waals surface area contributed by atoms with E-state index in [1.807, 2.05) is 0 Å². The van der Waals surface area contributed by atoms with E-state index < -0.39 is 59.8 Å². The highest BCUT2D eigenvalue weighted by molar-refractivity contribution is 7.07. The molecule has 4 atom stereocenters. The molecule has 1 aromatic carbocycles. The van der Waals surface area contributed by atoms with Gasteiger partial charge in [0, 0.05) is 29.6 Å². The molecule has 1 aromatic heterocycles. The molecule has 3 N–H and O–H groups in total. The van der Waals surface area contributed by atoms with E-state index in [1.165, 1.54) is 11.3 Å². The monoisotopic (exact) mass is 490 g/mol. The predicted molar refractivity (Wildman–Crippen MR) is 119 cm³/mol. The van der Waals surface area contributed by atoms with E-state index in [9.17, 15) is 28.0 Å². The predicted octanol–water partition coefficient (Wildman–Crippen LogP) is 1.46. The SMILES string of the molecule is O=C(CNC(=O)C1C[C@@H]2[C@H](C1)C2(F)F)N[C@H](Cc1ccccc1)C(=O)C(=O)NCc1cscn1. The Balaban J connectivity index is 1.31. The lowest BCUT2D eigenvalue weighted by Gasteiger charge is -2.19. The van der Waals surface area contributed by atoms with Crippen LogP contribution in [0.1, 0.15) is 24.1 Å². The molecule has 0 bridgehead atoms. The van der Waals surface area contributed by atoms with E-state index in [-0.39, 0.29) is 25.8 Å². The van der Waals surface area contributed by atoms with Gasteiger partial charge in [0.05, 0.1) is 24.3 Å². The summed E-state index contributed by atoms with van der Waals surface area (Å²) in [6, 6.07) is 7.75. The van der Waals surface area contributed by atoms with Crippen LogP contribution in [0.3, 0.4) is 0 Å². The first kappa shape index (κ1) is 23.9. The molecule has 2 aliphatic carbocycles. The summed E-state index contributed by atoms with van der Waals surface area (Å²) in [7, 11) is 0. The zero-order valence-electron chi connectivity index (χ0n) is 18.1. The fraction of sp³-hybridized carbons (Fsp3) is 0.435. The summed E-state index contributed by atoms with van der Waals surface area (Å²) < 4.78 is 26.7. The molecule has 2 aliphatic rings. The van der Waals surface area contributed by atoms with E-state index in [0.717, 1.165) is 5.56 Å². The van der Waals surface area contributed by atoms with Gasteiger partial charge in [-0.2, -0.15) is 0 Å². The van der Waals surface area contributed by atoms with Gasteiger partial charge < -0.3 is 16.0 Å². The highest BCUT2D eigenvalue weighted by Crippen LogP contribution is 2.65. The van der Waals surface area contributed by atoms with Gasteiger partial charge in [0.25, 0.3) is 11.8 Å². The van der Waals surface area contributed by atoms with Crippen molar-refractivity contribution in [3.8, 4) is 0 Å². The maximum atomic E-state index is 13.3. The fourth-order valence-corrected chi connectivity index (χ4v) is 4.94. The summed E-state index contributed by atoms with van der Waals surface area (Å²) in [6.45, 7) is -0.335. The molecule has 4 rings (SSSR count). The minimum absolute atomic E-state index is 0.0819. The Labute approximate surface area is 198 Å². The second kappa shape index (κ2) is 9.96. The Morgan fingerprint density at radius 2 is 1.79 bits per heavy atom.